The lowest BCUT2D eigenvalue weighted by Gasteiger charge is -2.35. The molecule has 3 heteroatoms. The van der Waals surface area contributed by atoms with E-state index >= 15 is 0 Å². The average Bonchev–Trinajstić information content (AvgIpc) is 2.45. The van der Waals surface area contributed by atoms with E-state index in [0.717, 1.165) is 23.1 Å². The van der Waals surface area contributed by atoms with Gasteiger partial charge < -0.3 is 10.6 Å². The van der Waals surface area contributed by atoms with Crippen molar-refractivity contribution < 1.29 is 0 Å². The van der Waals surface area contributed by atoms with E-state index in [4.69, 9.17) is 12.2 Å². The van der Waals surface area contributed by atoms with Crippen LogP contribution in [0, 0.1) is 11.8 Å². The first-order valence-electron chi connectivity index (χ1n) is 7.76. The van der Waals surface area contributed by atoms with Gasteiger partial charge in [0, 0.05) is 11.7 Å². The van der Waals surface area contributed by atoms with Crippen LogP contribution in [0.5, 0.6) is 0 Å². The van der Waals surface area contributed by atoms with Crippen LogP contribution in [-0.2, 0) is 6.42 Å². The minimum atomic E-state index is 0.508. The van der Waals surface area contributed by atoms with E-state index in [1.807, 2.05) is 0 Å². The fourth-order valence-corrected chi connectivity index (χ4v) is 3.21. The molecule has 0 spiro atoms. The topological polar surface area (TPSA) is 24.1 Å². The van der Waals surface area contributed by atoms with Crippen molar-refractivity contribution in [3.63, 3.8) is 0 Å². The average molecular weight is 290 g/mol. The Bertz CT molecular complexity index is 441. The molecule has 20 heavy (non-hydrogen) atoms. The first kappa shape index (κ1) is 15.3. The highest BCUT2D eigenvalue weighted by molar-refractivity contribution is 7.80. The third-order valence-corrected chi connectivity index (χ3v) is 4.86. The number of anilines is 1. The number of nitrogens with one attached hydrogen (secondary N) is 2. The van der Waals surface area contributed by atoms with Crippen molar-refractivity contribution in [3.05, 3.63) is 29.8 Å². The number of benzene rings is 1. The summed E-state index contributed by atoms with van der Waals surface area (Å²) >= 11 is 5.45. The Kier molecular flexibility index (Phi) is 5.41. The van der Waals surface area contributed by atoms with Crippen molar-refractivity contribution in [3.8, 4) is 0 Å². The third-order valence-electron chi connectivity index (χ3n) is 4.64. The number of thiocarbonyl (C=S) groups is 1. The van der Waals surface area contributed by atoms with Crippen molar-refractivity contribution in [2.45, 2.75) is 52.5 Å². The zero-order chi connectivity index (χ0) is 14.5. The normalized spacial score (nSPS) is 26.1. The molecule has 2 N–H and O–H groups in total. The van der Waals surface area contributed by atoms with Crippen LogP contribution >= 0.6 is 12.2 Å². The maximum Gasteiger partial charge on any atom is 0.171 e. The van der Waals surface area contributed by atoms with Crippen LogP contribution in [-0.4, -0.2) is 11.2 Å². The molecule has 0 aromatic heterocycles. The SMILES string of the molecule is CCc1ccc(NC(=S)N[C@H]2CCC[C@@H](C)[C@@H]2C)cc1. The first-order valence-corrected chi connectivity index (χ1v) is 8.17. The van der Waals surface area contributed by atoms with Gasteiger partial charge in [-0.25, -0.2) is 0 Å². The van der Waals surface area contributed by atoms with Crippen LogP contribution in [0.15, 0.2) is 24.3 Å². The number of rotatable bonds is 3. The highest BCUT2D eigenvalue weighted by atomic mass is 32.1. The molecule has 1 saturated carbocycles. The summed E-state index contributed by atoms with van der Waals surface area (Å²) in [6.45, 7) is 6.85. The van der Waals surface area contributed by atoms with Crippen molar-refractivity contribution in [2.24, 2.45) is 11.8 Å². The Labute approximate surface area is 128 Å². The lowest BCUT2D eigenvalue weighted by Crippen LogP contribution is -2.45. The van der Waals surface area contributed by atoms with E-state index in [-0.39, 0.29) is 0 Å². The molecule has 0 unspecified atom stereocenters. The molecule has 0 saturated heterocycles. The summed E-state index contributed by atoms with van der Waals surface area (Å²) in [4.78, 5) is 0. The van der Waals surface area contributed by atoms with Gasteiger partial charge in [-0.2, -0.15) is 0 Å². The van der Waals surface area contributed by atoms with E-state index in [0.29, 0.717) is 12.0 Å². The van der Waals surface area contributed by atoms with Crippen molar-refractivity contribution >= 4 is 23.0 Å². The van der Waals surface area contributed by atoms with Crippen LogP contribution in [0.25, 0.3) is 0 Å². The first-order chi connectivity index (χ1) is 9.60. The molecule has 0 radical (unpaired) electrons. The molecule has 2 rings (SSSR count). The van der Waals surface area contributed by atoms with Gasteiger partial charge in [0.1, 0.15) is 0 Å². The fraction of sp³-hybridized carbons (Fsp3) is 0.588. The summed E-state index contributed by atoms with van der Waals surface area (Å²) in [5.41, 5.74) is 2.42. The fourth-order valence-electron chi connectivity index (χ4n) is 2.95. The van der Waals surface area contributed by atoms with E-state index in [9.17, 15) is 0 Å². The Balaban J connectivity index is 1.88. The van der Waals surface area contributed by atoms with Crippen LogP contribution in [0.3, 0.4) is 0 Å². The Morgan fingerprint density at radius 1 is 1.20 bits per heavy atom. The molecule has 1 aliphatic carbocycles. The molecule has 1 aromatic carbocycles. The smallest absolute Gasteiger partial charge is 0.171 e. The van der Waals surface area contributed by atoms with Crippen LogP contribution in [0.4, 0.5) is 5.69 Å². The zero-order valence-electron chi connectivity index (χ0n) is 12.8. The summed E-state index contributed by atoms with van der Waals surface area (Å²) < 4.78 is 0. The van der Waals surface area contributed by atoms with E-state index in [1.165, 1.54) is 24.8 Å². The minimum absolute atomic E-state index is 0.508. The summed E-state index contributed by atoms with van der Waals surface area (Å²) in [5, 5.41) is 7.54. The second-order valence-electron chi connectivity index (χ2n) is 6.02. The van der Waals surface area contributed by atoms with Crippen molar-refractivity contribution in [2.75, 3.05) is 5.32 Å². The summed E-state index contributed by atoms with van der Waals surface area (Å²) in [6, 6.07) is 9.00. The standard InChI is InChI=1S/C17H26N2S/c1-4-14-8-10-15(11-9-14)18-17(20)19-16-7-5-6-12(2)13(16)3/h8-13,16H,4-7H2,1-3H3,(H2,18,19,20)/t12-,13+,16+/m1/s1. The van der Waals surface area contributed by atoms with Crippen LogP contribution < -0.4 is 10.6 Å². The van der Waals surface area contributed by atoms with Gasteiger partial charge in [-0.15, -0.1) is 0 Å². The molecule has 110 valence electrons. The molecule has 1 fully saturated rings. The Morgan fingerprint density at radius 2 is 1.90 bits per heavy atom. The molecule has 0 aliphatic heterocycles. The van der Waals surface area contributed by atoms with Gasteiger partial charge in [-0.1, -0.05) is 45.7 Å². The predicted octanol–water partition coefficient (Wildman–Crippen LogP) is 4.36. The van der Waals surface area contributed by atoms with Gasteiger partial charge in [0.15, 0.2) is 5.11 Å². The van der Waals surface area contributed by atoms with Gasteiger partial charge in [-0.05, 0) is 54.6 Å². The third kappa shape index (κ3) is 3.95. The maximum atomic E-state index is 5.45. The largest absolute Gasteiger partial charge is 0.359 e. The van der Waals surface area contributed by atoms with Gasteiger partial charge in [0.2, 0.25) is 0 Å². The minimum Gasteiger partial charge on any atom is -0.359 e. The number of hydrogen-bond donors (Lipinski definition) is 2. The highest BCUT2D eigenvalue weighted by Gasteiger charge is 2.27. The highest BCUT2D eigenvalue weighted by Crippen LogP contribution is 2.29. The van der Waals surface area contributed by atoms with E-state index in [1.54, 1.807) is 0 Å². The maximum absolute atomic E-state index is 5.45. The van der Waals surface area contributed by atoms with Crippen LogP contribution in [0.2, 0.25) is 0 Å². The molecular formula is C17H26N2S. The van der Waals surface area contributed by atoms with Gasteiger partial charge in [-0.3, -0.25) is 0 Å². The van der Waals surface area contributed by atoms with E-state index in [2.05, 4.69) is 55.7 Å². The second-order valence-corrected chi connectivity index (χ2v) is 6.43. The van der Waals surface area contributed by atoms with Crippen molar-refractivity contribution in [1.82, 2.24) is 5.32 Å². The molecule has 1 aliphatic rings. The molecule has 0 amide bonds. The summed E-state index contributed by atoms with van der Waals surface area (Å²) in [5.74, 6) is 1.47. The lowest BCUT2D eigenvalue weighted by atomic mass is 9.78. The molecule has 3 atom stereocenters. The van der Waals surface area contributed by atoms with Gasteiger partial charge in [0.25, 0.3) is 0 Å². The quantitative estimate of drug-likeness (QED) is 0.809. The molecule has 1 aromatic rings. The number of aryl methyl sites for hydroxylation is 1. The molecule has 2 nitrogen and oxygen atoms in total. The lowest BCUT2D eigenvalue weighted by molar-refractivity contribution is 0.225. The summed E-state index contributed by atoms with van der Waals surface area (Å²) in [6.07, 6.45) is 4.94. The zero-order valence-corrected chi connectivity index (χ0v) is 13.6. The number of hydrogen-bond acceptors (Lipinski definition) is 1. The van der Waals surface area contributed by atoms with Crippen LogP contribution in [0.1, 0.15) is 45.6 Å². The second kappa shape index (κ2) is 7.07. The van der Waals surface area contributed by atoms with Gasteiger partial charge >= 0.3 is 0 Å². The van der Waals surface area contributed by atoms with E-state index < -0.39 is 0 Å². The summed E-state index contributed by atoms with van der Waals surface area (Å²) in [7, 11) is 0. The van der Waals surface area contributed by atoms with Crippen molar-refractivity contribution in [1.29, 1.82) is 0 Å². The van der Waals surface area contributed by atoms with Gasteiger partial charge in [0.05, 0.1) is 0 Å². The Hall–Kier alpha value is -1.09. The Morgan fingerprint density at radius 3 is 2.55 bits per heavy atom. The molecule has 0 heterocycles. The monoisotopic (exact) mass is 290 g/mol. The predicted molar refractivity (Wildman–Crippen MR) is 91.1 cm³/mol. The molecular weight excluding hydrogens is 264 g/mol. The molecule has 0 bridgehead atoms.